The molecule has 0 bridgehead atoms. The molecule has 0 radical (unpaired) electrons. The number of rotatable bonds is 2. The summed E-state index contributed by atoms with van der Waals surface area (Å²) in [4.78, 5) is 26.9. The number of benzene rings is 2. The van der Waals surface area contributed by atoms with Crippen LogP contribution in [0.1, 0.15) is 31.9 Å². The molecule has 0 saturated carbocycles. The number of hydrogen-bond acceptors (Lipinski definition) is 4. The Morgan fingerprint density at radius 1 is 1.07 bits per heavy atom. The molecule has 0 unspecified atom stereocenters. The van der Waals surface area contributed by atoms with Crippen molar-refractivity contribution in [3.05, 3.63) is 64.7 Å². The number of carbonyl (C=O) groups excluding carboxylic acids is 2. The summed E-state index contributed by atoms with van der Waals surface area (Å²) in [7, 11) is 0. The lowest BCUT2D eigenvalue weighted by atomic mass is 9.91. The first kappa shape index (κ1) is 21.5. The largest absolute Gasteiger partial charge is 0.443 e. The van der Waals surface area contributed by atoms with Crippen LogP contribution in [-0.2, 0) is 14.3 Å². The van der Waals surface area contributed by atoms with E-state index in [1.807, 2.05) is 0 Å². The van der Waals surface area contributed by atoms with Crippen LogP contribution >= 0.6 is 23.4 Å². The molecule has 3 rings (SSSR count). The van der Waals surface area contributed by atoms with E-state index in [2.05, 4.69) is 0 Å². The summed E-state index contributed by atoms with van der Waals surface area (Å²) >= 11 is 5.41. The van der Waals surface area contributed by atoms with Gasteiger partial charge in [0, 0.05) is 10.6 Å². The van der Waals surface area contributed by atoms with Crippen molar-refractivity contribution >= 4 is 41.1 Å². The molecule has 0 N–H and O–H groups in total. The normalized spacial score (nSPS) is 19.3. The summed E-state index contributed by atoms with van der Waals surface area (Å²) in [5.74, 6) is -1.04. The number of imide groups is 1. The molecule has 4 nitrogen and oxygen atoms in total. The monoisotopic (exact) mass is 443 g/mol. The van der Waals surface area contributed by atoms with Crippen LogP contribution in [0.5, 0.6) is 0 Å². The second-order valence-corrected chi connectivity index (χ2v) is 9.09. The van der Waals surface area contributed by atoms with Crippen molar-refractivity contribution in [2.75, 3.05) is 4.90 Å². The average Bonchev–Trinajstić information content (AvgIpc) is 2.82. The second-order valence-electron chi connectivity index (χ2n) is 7.37. The molecule has 1 aliphatic heterocycles. The van der Waals surface area contributed by atoms with Gasteiger partial charge in [-0.2, -0.15) is 13.2 Å². The van der Waals surface area contributed by atoms with Gasteiger partial charge in [0.1, 0.15) is 5.60 Å². The Balaban J connectivity index is 2.24. The first-order valence-electron chi connectivity index (χ1n) is 8.55. The molecular weight excluding hydrogens is 427 g/mol. The molecule has 9 heteroatoms. The molecule has 1 aliphatic rings. The van der Waals surface area contributed by atoms with Crippen molar-refractivity contribution < 1.29 is 27.5 Å². The van der Waals surface area contributed by atoms with Gasteiger partial charge in [0.05, 0.1) is 5.69 Å². The quantitative estimate of drug-likeness (QED) is 0.561. The molecule has 0 spiro atoms. The molecule has 2 aromatic carbocycles. The molecular formula is C20H17ClF3NO3S. The zero-order valence-electron chi connectivity index (χ0n) is 15.7. The van der Waals surface area contributed by atoms with E-state index in [9.17, 15) is 22.8 Å². The lowest BCUT2D eigenvalue weighted by Gasteiger charge is -2.29. The summed E-state index contributed by atoms with van der Waals surface area (Å²) in [5, 5.41) is 0.309. The highest BCUT2D eigenvalue weighted by molar-refractivity contribution is 8.02. The van der Waals surface area contributed by atoms with Gasteiger partial charge < -0.3 is 4.74 Å². The minimum atomic E-state index is -4.76. The van der Waals surface area contributed by atoms with Gasteiger partial charge in [-0.1, -0.05) is 41.9 Å². The van der Waals surface area contributed by atoms with Gasteiger partial charge >= 0.3 is 11.6 Å². The number of thioether (sulfide) groups is 1. The Labute approximate surface area is 175 Å². The van der Waals surface area contributed by atoms with E-state index in [4.69, 9.17) is 16.3 Å². The summed E-state index contributed by atoms with van der Waals surface area (Å²) in [6.07, 6.45) is -1.03. The highest BCUT2D eigenvalue weighted by Gasteiger charge is 2.60. The Morgan fingerprint density at radius 3 is 2.21 bits per heavy atom. The lowest BCUT2D eigenvalue weighted by molar-refractivity contribution is -0.119. The highest BCUT2D eigenvalue weighted by atomic mass is 35.5. The first-order chi connectivity index (χ1) is 13.3. The van der Waals surface area contributed by atoms with Crippen LogP contribution < -0.4 is 4.90 Å². The molecule has 0 aromatic heterocycles. The van der Waals surface area contributed by atoms with Crippen molar-refractivity contribution in [3.8, 4) is 0 Å². The maximum Gasteiger partial charge on any atom is 0.443 e. The lowest BCUT2D eigenvalue weighted by Crippen LogP contribution is -2.45. The number of alkyl halides is 3. The van der Waals surface area contributed by atoms with E-state index < -0.39 is 39.6 Å². The highest BCUT2D eigenvalue weighted by Crippen LogP contribution is 2.58. The Morgan fingerprint density at radius 2 is 1.66 bits per heavy atom. The Kier molecular flexibility index (Phi) is 5.38. The van der Waals surface area contributed by atoms with E-state index >= 15 is 0 Å². The number of anilines is 1. The standard InChI is InChI=1S/C20H17ClF3NO3S/c1-18(2,3)28-17(27)25-15-7-5-4-6-14(15)19(16(25)26,29-20(22,23)24)12-8-10-13(21)11-9-12/h4-11H,1-3H3/t19-/m0/s1. The maximum atomic E-state index is 13.6. The van der Waals surface area contributed by atoms with E-state index in [1.165, 1.54) is 42.5 Å². The summed E-state index contributed by atoms with van der Waals surface area (Å²) < 4.78 is 44.0. The van der Waals surface area contributed by atoms with Crippen molar-refractivity contribution in [2.24, 2.45) is 0 Å². The predicted molar refractivity (Wildman–Crippen MR) is 106 cm³/mol. The van der Waals surface area contributed by atoms with Crippen molar-refractivity contribution in [2.45, 2.75) is 36.6 Å². The number of ether oxygens (including phenoxy) is 1. The molecule has 154 valence electrons. The van der Waals surface area contributed by atoms with Crippen LogP contribution in [0.3, 0.4) is 0 Å². The Hall–Kier alpha value is -2.19. The fourth-order valence-corrected chi connectivity index (χ4v) is 4.32. The topological polar surface area (TPSA) is 46.6 Å². The molecule has 2 amide bonds. The van der Waals surface area contributed by atoms with Gasteiger partial charge in [-0.15, -0.1) is 0 Å². The molecule has 1 atom stereocenters. The minimum absolute atomic E-state index is 0.0541. The van der Waals surface area contributed by atoms with Gasteiger partial charge in [0.25, 0.3) is 5.91 Å². The smallest absolute Gasteiger partial charge is 0.443 e. The zero-order chi connectivity index (χ0) is 21.6. The van der Waals surface area contributed by atoms with Gasteiger partial charge in [0.15, 0.2) is 4.75 Å². The maximum absolute atomic E-state index is 13.6. The fraction of sp³-hybridized carbons (Fsp3) is 0.300. The van der Waals surface area contributed by atoms with E-state index in [1.54, 1.807) is 26.8 Å². The SMILES string of the molecule is CC(C)(C)OC(=O)N1C(=O)[C@](SC(F)(F)F)(c2ccc(Cl)cc2)c2ccccc21. The van der Waals surface area contributed by atoms with E-state index in [0.29, 0.717) is 9.92 Å². The second kappa shape index (κ2) is 7.25. The number of halogens is 4. The third-order valence-electron chi connectivity index (χ3n) is 4.12. The minimum Gasteiger partial charge on any atom is -0.443 e. The number of hydrogen-bond donors (Lipinski definition) is 0. The van der Waals surface area contributed by atoms with Crippen molar-refractivity contribution in [1.82, 2.24) is 0 Å². The zero-order valence-corrected chi connectivity index (χ0v) is 17.3. The average molecular weight is 444 g/mol. The van der Waals surface area contributed by atoms with Crippen LogP contribution in [0.25, 0.3) is 0 Å². The number of amides is 2. The molecule has 0 saturated heterocycles. The van der Waals surface area contributed by atoms with Crippen LogP contribution in [0, 0.1) is 0 Å². The van der Waals surface area contributed by atoms with Gasteiger partial charge in [-0.05, 0) is 56.3 Å². The molecule has 0 aliphatic carbocycles. The molecule has 2 aromatic rings. The van der Waals surface area contributed by atoms with Crippen LogP contribution in [0.2, 0.25) is 5.02 Å². The predicted octanol–water partition coefficient (Wildman–Crippen LogP) is 6.12. The Bertz CT molecular complexity index is 957. The van der Waals surface area contributed by atoms with Crippen LogP contribution in [-0.4, -0.2) is 23.1 Å². The molecule has 29 heavy (non-hydrogen) atoms. The van der Waals surface area contributed by atoms with Crippen LogP contribution in [0.15, 0.2) is 48.5 Å². The number of fused-ring (bicyclic) bond motifs is 1. The number of carbonyl (C=O) groups is 2. The van der Waals surface area contributed by atoms with Gasteiger partial charge in [-0.3, -0.25) is 4.79 Å². The number of para-hydroxylation sites is 1. The first-order valence-corrected chi connectivity index (χ1v) is 9.74. The van der Waals surface area contributed by atoms with E-state index in [0.717, 1.165) is 0 Å². The third kappa shape index (κ3) is 4.09. The third-order valence-corrected chi connectivity index (χ3v) is 5.54. The van der Waals surface area contributed by atoms with Gasteiger partial charge in [-0.25, -0.2) is 9.69 Å². The summed E-state index contributed by atoms with van der Waals surface area (Å²) in [5.41, 5.74) is -5.52. The summed E-state index contributed by atoms with van der Waals surface area (Å²) in [6, 6.07) is 11.4. The molecule has 0 fully saturated rings. The van der Waals surface area contributed by atoms with Crippen molar-refractivity contribution in [1.29, 1.82) is 0 Å². The van der Waals surface area contributed by atoms with Crippen LogP contribution in [0.4, 0.5) is 23.7 Å². The summed E-state index contributed by atoms with van der Waals surface area (Å²) in [6.45, 7) is 4.82. The fourth-order valence-electron chi connectivity index (χ4n) is 3.13. The number of nitrogens with zero attached hydrogens (tertiary/aromatic N) is 1. The van der Waals surface area contributed by atoms with Gasteiger partial charge in [0.2, 0.25) is 0 Å². The van der Waals surface area contributed by atoms with Crippen molar-refractivity contribution in [3.63, 3.8) is 0 Å². The van der Waals surface area contributed by atoms with E-state index in [-0.39, 0.29) is 16.8 Å². The molecule has 1 heterocycles.